The van der Waals surface area contributed by atoms with E-state index in [1.807, 2.05) is 30.0 Å². The van der Waals surface area contributed by atoms with E-state index in [1.54, 1.807) is 12.4 Å². The number of ether oxygens (including phenoxy) is 1. The first-order chi connectivity index (χ1) is 11.3. The highest BCUT2D eigenvalue weighted by Crippen LogP contribution is 2.17. The monoisotopic (exact) mass is 314 g/mol. The van der Waals surface area contributed by atoms with Crippen LogP contribution >= 0.6 is 0 Å². The molecular formula is C17H22N4O2. The maximum Gasteiger partial charge on any atom is 0.256 e. The Morgan fingerprint density at radius 2 is 1.96 bits per heavy atom. The molecule has 6 heteroatoms. The van der Waals surface area contributed by atoms with Crippen molar-refractivity contribution in [2.45, 2.75) is 6.92 Å². The zero-order valence-corrected chi connectivity index (χ0v) is 13.4. The van der Waals surface area contributed by atoms with E-state index in [2.05, 4.69) is 14.9 Å². The maximum absolute atomic E-state index is 12.8. The zero-order valence-electron chi connectivity index (χ0n) is 13.4. The van der Waals surface area contributed by atoms with E-state index in [-0.39, 0.29) is 5.91 Å². The molecule has 1 saturated heterocycles. The minimum atomic E-state index is 0.0422. The van der Waals surface area contributed by atoms with Crippen molar-refractivity contribution in [3.63, 3.8) is 0 Å². The van der Waals surface area contributed by atoms with Gasteiger partial charge >= 0.3 is 0 Å². The first-order valence-corrected chi connectivity index (χ1v) is 8.08. The molecule has 2 aromatic rings. The Morgan fingerprint density at radius 1 is 1.17 bits per heavy atom. The summed E-state index contributed by atoms with van der Waals surface area (Å²) in [6.07, 6.45) is 3.28. The third kappa shape index (κ3) is 3.65. The number of amides is 1. The zero-order chi connectivity index (χ0) is 16.1. The minimum Gasteiger partial charge on any atom is -0.380 e. The number of fused-ring (bicyclic) bond motifs is 1. The van der Waals surface area contributed by atoms with Gasteiger partial charge in [-0.3, -0.25) is 19.7 Å². The molecule has 1 aliphatic rings. The molecule has 0 saturated carbocycles. The summed E-state index contributed by atoms with van der Waals surface area (Å²) in [5.41, 5.74) is 2.07. The van der Waals surface area contributed by atoms with Crippen LogP contribution in [-0.2, 0) is 4.74 Å². The number of hydrogen-bond donors (Lipinski definition) is 0. The summed E-state index contributed by atoms with van der Waals surface area (Å²) in [6, 6.07) is 5.58. The van der Waals surface area contributed by atoms with Crippen LogP contribution in [-0.4, -0.2) is 71.6 Å². The molecule has 6 nitrogen and oxygen atoms in total. The molecule has 23 heavy (non-hydrogen) atoms. The van der Waals surface area contributed by atoms with E-state index >= 15 is 0 Å². The number of rotatable bonds is 5. The number of hydrogen-bond acceptors (Lipinski definition) is 5. The van der Waals surface area contributed by atoms with Crippen LogP contribution in [0.1, 0.15) is 17.3 Å². The summed E-state index contributed by atoms with van der Waals surface area (Å²) >= 11 is 0. The predicted octanol–water partition coefficient (Wildman–Crippen LogP) is 1.42. The highest BCUT2D eigenvalue weighted by atomic mass is 16.5. The lowest BCUT2D eigenvalue weighted by Crippen LogP contribution is -2.49. The van der Waals surface area contributed by atoms with Crippen molar-refractivity contribution in [1.82, 2.24) is 19.8 Å². The second-order valence-electron chi connectivity index (χ2n) is 5.56. The molecule has 0 spiro atoms. The number of benzene rings is 1. The van der Waals surface area contributed by atoms with Gasteiger partial charge in [0, 0.05) is 51.7 Å². The van der Waals surface area contributed by atoms with Gasteiger partial charge in [-0.2, -0.15) is 0 Å². The van der Waals surface area contributed by atoms with Gasteiger partial charge in [0.25, 0.3) is 5.91 Å². The van der Waals surface area contributed by atoms with Crippen LogP contribution in [0.5, 0.6) is 0 Å². The van der Waals surface area contributed by atoms with E-state index in [4.69, 9.17) is 4.74 Å². The largest absolute Gasteiger partial charge is 0.380 e. The molecule has 0 atom stereocenters. The summed E-state index contributed by atoms with van der Waals surface area (Å²) in [6.45, 7) is 7.68. The molecule has 0 bridgehead atoms. The highest BCUT2D eigenvalue weighted by molar-refractivity contribution is 6.04. The van der Waals surface area contributed by atoms with Gasteiger partial charge in [-0.1, -0.05) is 6.07 Å². The van der Waals surface area contributed by atoms with Crippen molar-refractivity contribution < 1.29 is 9.53 Å². The topological polar surface area (TPSA) is 58.6 Å². The summed E-state index contributed by atoms with van der Waals surface area (Å²) < 4.78 is 5.39. The molecule has 1 aromatic heterocycles. The van der Waals surface area contributed by atoms with Crippen LogP contribution in [0, 0.1) is 0 Å². The Hall–Kier alpha value is -2.05. The summed E-state index contributed by atoms with van der Waals surface area (Å²) in [4.78, 5) is 25.6. The Labute approximate surface area is 136 Å². The van der Waals surface area contributed by atoms with E-state index in [0.717, 1.165) is 51.5 Å². The number of nitrogens with zero attached hydrogens (tertiary/aromatic N) is 4. The van der Waals surface area contributed by atoms with Crippen LogP contribution in [0.4, 0.5) is 0 Å². The molecule has 1 amide bonds. The van der Waals surface area contributed by atoms with Crippen molar-refractivity contribution in [2.75, 3.05) is 45.9 Å². The van der Waals surface area contributed by atoms with Crippen LogP contribution < -0.4 is 0 Å². The van der Waals surface area contributed by atoms with Gasteiger partial charge in [-0.05, 0) is 19.1 Å². The van der Waals surface area contributed by atoms with E-state index in [0.29, 0.717) is 11.1 Å². The lowest BCUT2D eigenvalue weighted by molar-refractivity contribution is 0.0566. The molecular weight excluding hydrogens is 292 g/mol. The van der Waals surface area contributed by atoms with Crippen molar-refractivity contribution in [3.05, 3.63) is 36.2 Å². The fourth-order valence-corrected chi connectivity index (χ4v) is 2.85. The average Bonchev–Trinajstić information content (AvgIpc) is 2.61. The Bertz CT molecular complexity index is 663. The molecule has 1 aromatic carbocycles. The molecule has 1 aliphatic heterocycles. The molecule has 0 aliphatic carbocycles. The Morgan fingerprint density at radius 3 is 2.74 bits per heavy atom. The van der Waals surface area contributed by atoms with E-state index in [1.165, 1.54) is 0 Å². The molecule has 1 fully saturated rings. The van der Waals surface area contributed by atoms with Gasteiger partial charge in [-0.25, -0.2) is 0 Å². The third-order valence-electron chi connectivity index (χ3n) is 4.14. The van der Waals surface area contributed by atoms with Gasteiger partial charge in [0.1, 0.15) is 5.52 Å². The lowest BCUT2D eigenvalue weighted by Gasteiger charge is -2.34. The molecule has 0 N–H and O–H groups in total. The molecule has 2 heterocycles. The van der Waals surface area contributed by atoms with Crippen molar-refractivity contribution in [3.8, 4) is 0 Å². The summed E-state index contributed by atoms with van der Waals surface area (Å²) in [7, 11) is 0. The van der Waals surface area contributed by atoms with E-state index < -0.39 is 0 Å². The number of carbonyl (C=O) groups is 1. The second-order valence-corrected chi connectivity index (χ2v) is 5.56. The quantitative estimate of drug-likeness (QED) is 0.781. The molecule has 3 rings (SSSR count). The van der Waals surface area contributed by atoms with Crippen LogP contribution in [0.3, 0.4) is 0 Å². The van der Waals surface area contributed by atoms with Crippen LogP contribution in [0.25, 0.3) is 11.0 Å². The molecule has 0 radical (unpaired) electrons. The first kappa shape index (κ1) is 15.8. The first-order valence-electron chi connectivity index (χ1n) is 8.08. The predicted molar refractivity (Wildman–Crippen MR) is 88.4 cm³/mol. The fourth-order valence-electron chi connectivity index (χ4n) is 2.85. The normalized spacial score (nSPS) is 16.0. The van der Waals surface area contributed by atoms with Gasteiger partial charge in [0.2, 0.25) is 0 Å². The van der Waals surface area contributed by atoms with E-state index in [9.17, 15) is 4.79 Å². The Balaban J connectivity index is 1.65. The fraction of sp³-hybridized carbons (Fsp3) is 0.471. The van der Waals surface area contributed by atoms with Gasteiger partial charge < -0.3 is 9.64 Å². The van der Waals surface area contributed by atoms with Gasteiger partial charge in [0.15, 0.2) is 0 Å². The molecule has 0 unspecified atom stereocenters. The second kappa shape index (κ2) is 7.48. The average molecular weight is 314 g/mol. The third-order valence-corrected chi connectivity index (χ3v) is 4.14. The maximum atomic E-state index is 12.8. The standard InChI is InChI=1S/C17H22N4O2/c1-2-23-13-12-20-8-10-21(11-9-20)17(22)14-4-3-5-15-16(14)19-7-6-18-15/h3-7H,2,8-13H2,1H3. The number of aromatic nitrogens is 2. The Kier molecular flexibility index (Phi) is 5.15. The smallest absolute Gasteiger partial charge is 0.256 e. The number of carbonyl (C=O) groups excluding carboxylic acids is 1. The van der Waals surface area contributed by atoms with Crippen molar-refractivity contribution >= 4 is 16.9 Å². The summed E-state index contributed by atoms with van der Waals surface area (Å²) in [5.74, 6) is 0.0422. The highest BCUT2D eigenvalue weighted by Gasteiger charge is 2.23. The summed E-state index contributed by atoms with van der Waals surface area (Å²) in [5, 5.41) is 0. The van der Waals surface area contributed by atoms with Crippen molar-refractivity contribution in [1.29, 1.82) is 0 Å². The van der Waals surface area contributed by atoms with Crippen molar-refractivity contribution in [2.24, 2.45) is 0 Å². The van der Waals surface area contributed by atoms with Crippen LogP contribution in [0.2, 0.25) is 0 Å². The lowest BCUT2D eigenvalue weighted by atomic mass is 10.1. The van der Waals surface area contributed by atoms with Crippen LogP contribution in [0.15, 0.2) is 30.6 Å². The van der Waals surface area contributed by atoms with Gasteiger partial charge in [-0.15, -0.1) is 0 Å². The minimum absolute atomic E-state index is 0.0422. The number of para-hydroxylation sites is 1. The number of piperazine rings is 1. The van der Waals surface area contributed by atoms with Gasteiger partial charge in [0.05, 0.1) is 17.7 Å². The molecule has 122 valence electrons. The SMILES string of the molecule is CCOCCN1CCN(C(=O)c2cccc3nccnc23)CC1.